The van der Waals surface area contributed by atoms with E-state index in [0.29, 0.717) is 17.5 Å². The van der Waals surface area contributed by atoms with Gasteiger partial charge in [0.25, 0.3) is 0 Å². The van der Waals surface area contributed by atoms with Crippen LogP contribution < -0.4 is 0 Å². The summed E-state index contributed by atoms with van der Waals surface area (Å²) in [5.41, 5.74) is 14.0. The second-order valence-corrected chi connectivity index (χ2v) is 13.4. The van der Waals surface area contributed by atoms with Crippen LogP contribution in [0.15, 0.2) is 176 Å². The molecular formula is C48H32N4. The fourth-order valence-corrected chi connectivity index (χ4v) is 7.86. The summed E-state index contributed by atoms with van der Waals surface area (Å²) in [5, 5.41) is 2.63. The van der Waals surface area contributed by atoms with Crippen LogP contribution in [0.25, 0.3) is 78.1 Å². The van der Waals surface area contributed by atoms with Gasteiger partial charge in [-0.1, -0.05) is 146 Å². The Labute approximate surface area is 302 Å². The minimum Gasteiger partial charge on any atom is -0.264 e. The van der Waals surface area contributed by atoms with Gasteiger partial charge >= 0.3 is 0 Å². The Kier molecular flexibility index (Phi) is 7.24. The second-order valence-electron chi connectivity index (χ2n) is 13.4. The van der Waals surface area contributed by atoms with Crippen molar-refractivity contribution in [3.8, 4) is 56.2 Å². The molecule has 4 nitrogen and oxygen atoms in total. The van der Waals surface area contributed by atoms with Crippen molar-refractivity contribution in [2.75, 3.05) is 0 Å². The fraction of sp³-hybridized carbons (Fsp3) is 0.0417. The van der Waals surface area contributed by atoms with Gasteiger partial charge in [0, 0.05) is 35.0 Å². The van der Waals surface area contributed by atoms with E-state index in [1.165, 1.54) is 38.6 Å². The van der Waals surface area contributed by atoms with E-state index in [-0.39, 0.29) is 5.92 Å². The van der Waals surface area contributed by atoms with E-state index in [2.05, 4.69) is 126 Å². The van der Waals surface area contributed by atoms with Gasteiger partial charge in [-0.25, -0.2) is 15.0 Å². The number of fused-ring (bicyclic) bond motifs is 3. The Hall–Kier alpha value is -6.78. The van der Waals surface area contributed by atoms with Crippen LogP contribution in [0.2, 0.25) is 0 Å². The van der Waals surface area contributed by atoms with Crippen molar-refractivity contribution in [2.24, 2.45) is 0 Å². The van der Waals surface area contributed by atoms with Crippen LogP contribution in [-0.4, -0.2) is 19.9 Å². The Balaban J connectivity index is 1.16. The molecule has 1 unspecified atom stereocenters. The van der Waals surface area contributed by atoms with Crippen LogP contribution in [0.1, 0.15) is 29.3 Å². The minimum atomic E-state index is 0.0853. The molecular weight excluding hydrogens is 633 g/mol. The lowest BCUT2D eigenvalue weighted by molar-refractivity contribution is 0.864. The van der Waals surface area contributed by atoms with Crippen molar-refractivity contribution in [3.63, 3.8) is 0 Å². The van der Waals surface area contributed by atoms with Gasteiger partial charge in [-0.05, 0) is 85.5 Å². The van der Waals surface area contributed by atoms with Crippen LogP contribution in [0.4, 0.5) is 0 Å². The predicted octanol–water partition coefficient (Wildman–Crippen LogP) is 11.7. The number of nitrogens with zero attached hydrogens (tertiary/aromatic N) is 4. The molecule has 2 aliphatic carbocycles. The summed E-state index contributed by atoms with van der Waals surface area (Å²) in [5.74, 6) is 2.12. The molecule has 0 radical (unpaired) electrons. The first-order valence-corrected chi connectivity index (χ1v) is 17.7. The van der Waals surface area contributed by atoms with E-state index in [4.69, 9.17) is 15.0 Å². The van der Waals surface area contributed by atoms with E-state index in [1.807, 2.05) is 54.9 Å². The molecule has 0 saturated heterocycles. The SMILES string of the molecule is C1=C(c2cccc(-c3cccnc3)c2)C=C(c2nc(-c3ccccc3)nc(-c3ccccc3)n2)CC1c1ccc2c3c(cccc13)-c1ccccc1-2. The molecule has 1 atom stereocenters. The minimum absolute atomic E-state index is 0.0853. The highest BCUT2D eigenvalue weighted by molar-refractivity contribution is 6.16. The van der Waals surface area contributed by atoms with Crippen molar-refractivity contribution in [1.82, 2.24) is 19.9 Å². The van der Waals surface area contributed by atoms with Crippen LogP contribution in [0.3, 0.4) is 0 Å². The van der Waals surface area contributed by atoms with Gasteiger partial charge in [-0.3, -0.25) is 4.98 Å². The molecule has 2 aliphatic rings. The van der Waals surface area contributed by atoms with Gasteiger partial charge in [0.15, 0.2) is 17.5 Å². The van der Waals surface area contributed by atoms with Gasteiger partial charge in [0.1, 0.15) is 0 Å². The van der Waals surface area contributed by atoms with Gasteiger partial charge in [-0.15, -0.1) is 0 Å². The largest absolute Gasteiger partial charge is 0.264 e. The van der Waals surface area contributed by atoms with Crippen LogP contribution >= 0.6 is 0 Å². The molecule has 0 fully saturated rings. The smallest absolute Gasteiger partial charge is 0.164 e. The highest BCUT2D eigenvalue weighted by Gasteiger charge is 2.27. The molecule has 0 bridgehead atoms. The lowest BCUT2D eigenvalue weighted by Gasteiger charge is -2.24. The second kappa shape index (κ2) is 12.5. The standard InChI is InChI=1S/C48H32N4/c1-3-12-31(13-4-1)46-50-47(32-14-5-2-6-15-32)52-48(51-46)38-28-36(34-17-9-16-33(26-34)35-18-11-25-49-30-35)27-37(29-38)39-23-24-44-41-20-8-7-19-40(41)43-22-10-21-42(39)45(43)44/h1-28,30,37H,29H2. The monoisotopic (exact) mass is 664 g/mol. The number of allylic oxidation sites excluding steroid dienone is 4. The number of hydrogen-bond acceptors (Lipinski definition) is 4. The Morgan fingerprint density at radius 2 is 1.06 bits per heavy atom. The van der Waals surface area contributed by atoms with Gasteiger partial charge < -0.3 is 0 Å². The van der Waals surface area contributed by atoms with E-state index in [1.54, 1.807) is 0 Å². The zero-order valence-corrected chi connectivity index (χ0v) is 28.3. The van der Waals surface area contributed by atoms with Gasteiger partial charge in [-0.2, -0.15) is 0 Å². The third kappa shape index (κ3) is 5.24. The van der Waals surface area contributed by atoms with E-state index >= 15 is 0 Å². The maximum absolute atomic E-state index is 5.18. The highest BCUT2D eigenvalue weighted by atomic mass is 15.0. The summed E-state index contributed by atoms with van der Waals surface area (Å²) in [6.45, 7) is 0. The average Bonchev–Trinajstić information content (AvgIpc) is 3.56. The first-order valence-electron chi connectivity index (χ1n) is 17.7. The number of aromatic nitrogens is 4. The topological polar surface area (TPSA) is 51.6 Å². The number of benzene rings is 6. The van der Waals surface area contributed by atoms with Crippen molar-refractivity contribution in [2.45, 2.75) is 12.3 Å². The van der Waals surface area contributed by atoms with Crippen LogP contribution in [0, 0.1) is 0 Å². The van der Waals surface area contributed by atoms with Gasteiger partial charge in [0.05, 0.1) is 0 Å². The van der Waals surface area contributed by atoms with Crippen molar-refractivity contribution in [3.05, 3.63) is 193 Å². The molecule has 8 aromatic rings. The fourth-order valence-electron chi connectivity index (χ4n) is 7.86. The molecule has 0 aliphatic heterocycles. The van der Waals surface area contributed by atoms with Crippen LogP contribution in [0.5, 0.6) is 0 Å². The zero-order chi connectivity index (χ0) is 34.4. The summed E-state index contributed by atoms with van der Waals surface area (Å²) >= 11 is 0. The van der Waals surface area contributed by atoms with E-state index < -0.39 is 0 Å². The molecule has 10 rings (SSSR count). The first-order chi connectivity index (χ1) is 25.8. The van der Waals surface area contributed by atoms with Crippen molar-refractivity contribution >= 4 is 21.9 Å². The lowest BCUT2D eigenvalue weighted by Crippen LogP contribution is -2.09. The van der Waals surface area contributed by atoms with Crippen molar-refractivity contribution < 1.29 is 0 Å². The number of hydrogen-bond donors (Lipinski definition) is 0. The third-order valence-electron chi connectivity index (χ3n) is 10.3. The third-order valence-corrected chi connectivity index (χ3v) is 10.3. The maximum Gasteiger partial charge on any atom is 0.164 e. The molecule has 2 heterocycles. The average molecular weight is 665 g/mol. The molecule has 0 N–H and O–H groups in total. The van der Waals surface area contributed by atoms with E-state index in [0.717, 1.165) is 45.4 Å². The van der Waals surface area contributed by atoms with E-state index in [9.17, 15) is 0 Å². The first kappa shape index (κ1) is 30.1. The summed E-state index contributed by atoms with van der Waals surface area (Å²) in [7, 11) is 0. The number of pyridine rings is 1. The van der Waals surface area contributed by atoms with Crippen molar-refractivity contribution in [1.29, 1.82) is 0 Å². The number of rotatable bonds is 6. The quantitative estimate of drug-likeness (QED) is 0.177. The molecule has 0 spiro atoms. The maximum atomic E-state index is 5.18. The summed E-state index contributed by atoms with van der Waals surface area (Å²) in [6, 6.07) is 53.4. The molecule has 52 heavy (non-hydrogen) atoms. The zero-order valence-electron chi connectivity index (χ0n) is 28.3. The van der Waals surface area contributed by atoms with Gasteiger partial charge in [0.2, 0.25) is 0 Å². The molecule has 244 valence electrons. The lowest BCUT2D eigenvalue weighted by atomic mass is 9.80. The van der Waals surface area contributed by atoms with Crippen LogP contribution in [-0.2, 0) is 0 Å². The molecule has 2 aromatic heterocycles. The highest BCUT2D eigenvalue weighted by Crippen LogP contribution is 2.50. The molecule has 6 aromatic carbocycles. The summed E-state index contributed by atoms with van der Waals surface area (Å²) in [6.07, 6.45) is 9.21. The summed E-state index contributed by atoms with van der Waals surface area (Å²) < 4.78 is 0. The Morgan fingerprint density at radius 1 is 0.462 bits per heavy atom. The Morgan fingerprint density at radius 3 is 1.77 bits per heavy atom. The molecule has 0 amide bonds. The summed E-state index contributed by atoms with van der Waals surface area (Å²) in [4.78, 5) is 19.7. The predicted molar refractivity (Wildman–Crippen MR) is 212 cm³/mol. The Bertz CT molecular complexity index is 2610. The molecule has 4 heteroatoms. The molecule has 0 saturated carbocycles. The normalized spacial score (nSPS) is 14.5.